The topological polar surface area (TPSA) is 32.5 Å². The van der Waals surface area contributed by atoms with Crippen molar-refractivity contribution in [2.45, 2.75) is 38.3 Å². The second-order valence-electron chi connectivity index (χ2n) is 5.47. The highest BCUT2D eigenvalue weighted by Gasteiger charge is 2.36. The number of piperidine rings is 1. The summed E-state index contributed by atoms with van der Waals surface area (Å²) in [4.78, 5) is 5.07. The Balaban J connectivity index is 2.54. The fourth-order valence-corrected chi connectivity index (χ4v) is 3.12. The molecular weight excluding hydrogens is 230 g/mol. The van der Waals surface area contributed by atoms with Gasteiger partial charge in [-0.3, -0.25) is 4.90 Å². The van der Waals surface area contributed by atoms with E-state index in [1.54, 1.807) is 0 Å². The summed E-state index contributed by atoms with van der Waals surface area (Å²) in [6, 6.07) is 0.669. The molecule has 0 aromatic carbocycles. The van der Waals surface area contributed by atoms with Crippen molar-refractivity contribution < 1.29 is 0 Å². The Labute approximate surface area is 111 Å². The Morgan fingerprint density at radius 2 is 1.94 bits per heavy atom. The molecular formula is C13H29N3S. The van der Waals surface area contributed by atoms with Gasteiger partial charge in [0.15, 0.2) is 0 Å². The highest BCUT2D eigenvalue weighted by molar-refractivity contribution is 7.98. The average molecular weight is 259 g/mol. The summed E-state index contributed by atoms with van der Waals surface area (Å²) in [7, 11) is 2.24. The molecule has 0 atom stereocenters. The molecule has 1 aliphatic rings. The van der Waals surface area contributed by atoms with E-state index in [9.17, 15) is 0 Å². The van der Waals surface area contributed by atoms with E-state index in [-0.39, 0.29) is 5.54 Å². The zero-order valence-electron chi connectivity index (χ0n) is 11.9. The molecule has 0 aromatic rings. The summed E-state index contributed by atoms with van der Waals surface area (Å²) in [6.45, 7) is 8.90. The molecule has 1 rings (SSSR count). The van der Waals surface area contributed by atoms with Crippen molar-refractivity contribution in [3.63, 3.8) is 0 Å². The second-order valence-corrected chi connectivity index (χ2v) is 6.46. The summed E-state index contributed by atoms with van der Waals surface area (Å²) in [5, 5.41) is 0. The van der Waals surface area contributed by atoms with Gasteiger partial charge in [0.05, 0.1) is 0 Å². The van der Waals surface area contributed by atoms with Crippen LogP contribution in [0.4, 0.5) is 0 Å². The minimum Gasteiger partial charge on any atom is -0.329 e. The SMILES string of the molecule is CSCCN(C)C1(CN)CCN(C(C)C)CC1. The van der Waals surface area contributed by atoms with Gasteiger partial charge in [0.25, 0.3) is 0 Å². The van der Waals surface area contributed by atoms with E-state index in [1.807, 2.05) is 11.8 Å². The molecule has 1 heterocycles. The van der Waals surface area contributed by atoms with Crippen molar-refractivity contribution >= 4 is 11.8 Å². The normalized spacial score (nSPS) is 21.4. The standard InChI is InChI=1S/C13H29N3S/c1-12(2)16-7-5-13(11-14,6-8-16)15(3)9-10-17-4/h12H,5-11,14H2,1-4H3. The fourth-order valence-electron chi connectivity index (χ4n) is 2.66. The Bertz CT molecular complexity index is 213. The first-order valence-electron chi connectivity index (χ1n) is 6.70. The lowest BCUT2D eigenvalue weighted by Crippen LogP contribution is -2.59. The van der Waals surface area contributed by atoms with Crippen LogP contribution in [-0.2, 0) is 0 Å². The molecule has 1 fully saturated rings. The van der Waals surface area contributed by atoms with Crippen LogP contribution in [0.1, 0.15) is 26.7 Å². The lowest BCUT2D eigenvalue weighted by Gasteiger charge is -2.48. The molecule has 0 radical (unpaired) electrons. The van der Waals surface area contributed by atoms with Gasteiger partial charge in [-0.15, -0.1) is 0 Å². The number of nitrogens with zero attached hydrogens (tertiary/aromatic N) is 2. The molecule has 3 nitrogen and oxygen atoms in total. The van der Waals surface area contributed by atoms with Gasteiger partial charge in [-0.1, -0.05) is 0 Å². The Kier molecular flexibility index (Phi) is 6.27. The van der Waals surface area contributed by atoms with Gasteiger partial charge >= 0.3 is 0 Å². The molecule has 0 aliphatic carbocycles. The van der Waals surface area contributed by atoms with E-state index < -0.39 is 0 Å². The molecule has 4 heteroatoms. The molecule has 102 valence electrons. The van der Waals surface area contributed by atoms with Crippen LogP contribution >= 0.6 is 11.8 Å². The Morgan fingerprint density at radius 1 is 1.35 bits per heavy atom. The van der Waals surface area contributed by atoms with E-state index in [4.69, 9.17) is 5.73 Å². The summed E-state index contributed by atoms with van der Waals surface area (Å²) >= 11 is 1.92. The lowest BCUT2D eigenvalue weighted by molar-refractivity contribution is 0.0383. The Hall–Kier alpha value is 0.230. The number of rotatable bonds is 6. The third-order valence-electron chi connectivity index (χ3n) is 4.28. The summed E-state index contributed by atoms with van der Waals surface area (Å²) in [5.74, 6) is 1.20. The first-order chi connectivity index (χ1) is 8.05. The second kappa shape index (κ2) is 6.98. The zero-order valence-corrected chi connectivity index (χ0v) is 12.7. The zero-order chi connectivity index (χ0) is 12.9. The molecule has 1 aliphatic heterocycles. The fraction of sp³-hybridized carbons (Fsp3) is 1.00. The minimum absolute atomic E-state index is 0.251. The largest absolute Gasteiger partial charge is 0.329 e. The highest BCUT2D eigenvalue weighted by atomic mass is 32.2. The quantitative estimate of drug-likeness (QED) is 0.783. The van der Waals surface area contributed by atoms with E-state index in [2.05, 4.69) is 37.0 Å². The van der Waals surface area contributed by atoms with Crippen molar-refractivity contribution in [1.82, 2.24) is 9.80 Å². The van der Waals surface area contributed by atoms with Gasteiger partial charge in [0.2, 0.25) is 0 Å². The Morgan fingerprint density at radius 3 is 2.35 bits per heavy atom. The van der Waals surface area contributed by atoms with Gasteiger partial charge in [-0.2, -0.15) is 11.8 Å². The van der Waals surface area contributed by atoms with E-state index in [1.165, 1.54) is 31.7 Å². The number of hydrogen-bond acceptors (Lipinski definition) is 4. The summed E-state index contributed by atoms with van der Waals surface area (Å²) in [5.41, 5.74) is 6.32. The van der Waals surface area contributed by atoms with Crippen LogP contribution in [0.5, 0.6) is 0 Å². The third-order valence-corrected chi connectivity index (χ3v) is 4.87. The minimum atomic E-state index is 0.251. The van der Waals surface area contributed by atoms with Gasteiger partial charge in [0, 0.05) is 43.5 Å². The molecule has 0 bridgehead atoms. The summed E-state index contributed by atoms with van der Waals surface area (Å²) in [6.07, 6.45) is 4.60. The van der Waals surface area contributed by atoms with Crippen molar-refractivity contribution in [3.05, 3.63) is 0 Å². The van der Waals surface area contributed by atoms with Crippen LogP contribution in [0.2, 0.25) is 0 Å². The van der Waals surface area contributed by atoms with Gasteiger partial charge in [-0.05, 0) is 40.0 Å². The van der Waals surface area contributed by atoms with Crippen LogP contribution in [0.25, 0.3) is 0 Å². The number of thioether (sulfide) groups is 1. The van der Waals surface area contributed by atoms with Crippen LogP contribution < -0.4 is 5.73 Å². The van der Waals surface area contributed by atoms with Crippen LogP contribution in [0, 0.1) is 0 Å². The van der Waals surface area contributed by atoms with Gasteiger partial charge in [-0.25, -0.2) is 0 Å². The average Bonchev–Trinajstić information content (AvgIpc) is 2.35. The molecule has 0 unspecified atom stereocenters. The monoisotopic (exact) mass is 259 g/mol. The van der Waals surface area contributed by atoms with Gasteiger partial charge in [0.1, 0.15) is 0 Å². The molecule has 1 saturated heterocycles. The highest BCUT2D eigenvalue weighted by Crippen LogP contribution is 2.28. The van der Waals surface area contributed by atoms with Crippen molar-refractivity contribution in [3.8, 4) is 0 Å². The van der Waals surface area contributed by atoms with E-state index >= 15 is 0 Å². The smallest absolute Gasteiger partial charge is 0.0353 e. The third kappa shape index (κ3) is 3.85. The lowest BCUT2D eigenvalue weighted by atomic mass is 9.85. The number of nitrogens with two attached hydrogens (primary N) is 1. The van der Waals surface area contributed by atoms with Crippen molar-refractivity contribution in [2.75, 3.05) is 45.2 Å². The van der Waals surface area contributed by atoms with Crippen molar-refractivity contribution in [1.29, 1.82) is 0 Å². The summed E-state index contributed by atoms with van der Waals surface area (Å²) < 4.78 is 0. The maximum Gasteiger partial charge on any atom is 0.0353 e. The molecule has 2 N–H and O–H groups in total. The van der Waals surface area contributed by atoms with Crippen LogP contribution in [0.15, 0.2) is 0 Å². The van der Waals surface area contributed by atoms with E-state index in [0.717, 1.165) is 13.1 Å². The molecule has 0 aromatic heterocycles. The molecule has 17 heavy (non-hydrogen) atoms. The maximum atomic E-state index is 6.07. The van der Waals surface area contributed by atoms with Crippen molar-refractivity contribution in [2.24, 2.45) is 5.73 Å². The van der Waals surface area contributed by atoms with Crippen LogP contribution in [-0.4, -0.2) is 66.6 Å². The first-order valence-corrected chi connectivity index (χ1v) is 8.09. The van der Waals surface area contributed by atoms with Gasteiger partial charge < -0.3 is 10.6 Å². The number of likely N-dealkylation sites (N-methyl/N-ethyl adjacent to an activating group) is 1. The first kappa shape index (κ1) is 15.3. The van der Waals surface area contributed by atoms with Crippen LogP contribution in [0.3, 0.4) is 0 Å². The molecule has 0 saturated carbocycles. The number of hydrogen-bond donors (Lipinski definition) is 1. The predicted molar refractivity (Wildman–Crippen MR) is 78.7 cm³/mol. The van der Waals surface area contributed by atoms with E-state index in [0.29, 0.717) is 6.04 Å². The predicted octanol–water partition coefficient (Wildman–Crippen LogP) is 1.48. The molecule has 0 amide bonds. The molecule has 0 spiro atoms. The number of likely N-dealkylation sites (tertiary alicyclic amines) is 1. The maximum absolute atomic E-state index is 6.07.